The molecular weight excluding hydrogens is 897 g/mol. The highest BCUT2D eigenvalue weighted by molar-refractivity contribution is 5.87. The topological polar surface area (TPSA) is 291 Å². The first-order valence-electron chi connectivity index (χ1n) is 25.1. The fourth-order valence-corrected chi connectivity index (χ4v) is 10.7. The van der Waals surface area contributed by atoms with Crippen molar-refractivity contribution in [3.63, 3.8) is 0 Å². The SMILES string of the molecule is CC(=O)NC1CCCC1C(=O)N[C@H](CC(=O)NC1CCCC1C(=O)NC[C@H](CC(C)C)C(=O)NC1CNCC1C(=O)NC1CNCC1C(=O)N[C@H](CC(N)=O)Cc1ccccc1)Cc1ccc(O)cc1. The van der Waals surface area contributed by atoms with E-state index >= 15 is 0 Å². The number of phenols is 1. The van der Waals surface area contributed by atoms with Crippen molar-refractivity contribution in [2.75, 3.05) is 32.7 Å². The number of carbonyl (C=O) groups excluding carboxylic acids is 8. The average molecular weight is 971 g/mol. The van der Waals surface area contributed by atoms with Gasteiger partial charge in [-0.25, -0.2) is 0 Å². The van der Waals surface area contributed by atoms with E-state index in [4.69, 9.17) is 5.73 Å². The second kappa shape index (κ2) is 25.7. The molecule has 2 saturated carbocycles. The first kappa shape index (κ1) is 53.3. The van der Waals surface area contributed by atoms with E-state index in [1.54, 1.807) is 24.3 Å². The predicted octanol–water partition coefficient (Wildman–Crippen LogP) is 0.189. The third kappa shape index (κ3) is 15.7. The van der Waals surface area contributed by atoms with Crippen LogP contribution in [0.25, 0.3) is 0 Å². The Balaban J connectivity index is 1.01. The number of benzene rings is 2. The van der Waals surface area contributed by atoms with Crippen LogP contribution < -0.4 is 53.6 Å². The van der Waals surface area contributed by atoms with E-state index < -0.39 is 65.7 Å². The van der Waals surface area contributed by atoms with Crippen molar-refractivity contribution in [3.8, 4) is 5.75 Å². The second-order valence-electron chi connectivity index (χ2n) is 20.2. The molecule has 4 fully saturated rings. The summed E-state index contributed by atoms with van der Waals surface area (Å²) in [7, 11) is 0. The van der Waals surface area contributed by atoms with Crippen molar-refractivity contribution in [3.05, 3.63) is 65.7 Å². The van der Waals surface area contributed by atoms with Gasteiger partial charge in [-0.15, -0.1) is 0 Å². The molecular formula is C51H74N10O9. The summed E-state index contributed by atoms with van der Waals surface area (Å²) in [6, 6.07) is 13.1. The van der Waals surface area contributed by atoms with Gasteiger partial charge in [-0.2, -0.15) is 0 Å². The van der Waals surface area contributed by atoms with E-state index in [1.165, 1.54) is 6.92 Å². The molecule has 6 rings (SSSR count). The van der Waals surface area contributed by atoms with Gasteiger partial charge in [0.1, 0.15) is 5.75 Å². The fourth-order valence-electron chi connectivity index (χ4n) is 10.7. The van der Waals surface area contributed by atoms with Crippen molar-refractivity contribution in [1.29, 1.82) is 0 Å². The number of phenolic OH excluding ortho intramolecular Hbond substituents is 1. The van der Waals surface area contributed by atoms with Gasteiger partial charge in [-0.05, 0) is 74.1 Å². The van der Waals surface area contributed by atoms with Gasteiger partial charge in [-0.1, -0.05) is 69.2 Å². The largest absolute Gasteiger partial charge is 0.508 e. The summed E-state index contributed by atoms with van der Waals surface area (Å²) < 4.78 is 0. The van der Waals surface area contributed by atoms with Crippen molar-refractivity contribution in [2.24, 2.45) is 41.2 Å². The molecule has 0 bridgehead atoms. The first-order chi connectivity index (χ1) is 33.5. The molecule has 0 spiro atoms. The van der Waals surface area contributed by atoms with Crippen molar-refractivity contribution in [1.82, 2.24) is 47.9 Å². The van der Waals surface area contributed by atoms with Crippen LogP contribution >= 0.6 is 0 Å². The number of rotatable bonds is 23. The smallest absolute Gasteiger partial charge is 0.226 e. The molecule has 2 aliphatic carbocycles. The molecule has 2 heterocycles. The Labute approximate surface area is 410 Å². The predicted molar refractivity (Wildman–Crippen MR) is 261 cm³/mol. The molecule has 0 aromatic heterocycles. The van der Waals surface area contributed by atoms with E-state index in [2.05, 4.69) is 47.9 Å². The molecule has 382 valence electrons. The zero-order valence-corrected chi connectivity index (χ0v) is 40.7. The number of hydrogen-bond donors (Lipinski definition) is 11. The highest BCUT2D eigenvalue weighted by Crippen LogP contribution is 2.28. The highest BCUT2D eigenvalue weighted by Gasteiger charge is 2.41. The lowest BCUT2D eigenvalue weighted by molar-refractivity contribution is -0.130. The van der Waals surface area contributed by atoms with Gasteiger partial charge >= 0.3 is 0 Å². The maximum absolute atomic E-state index is 14.0. The van der Waals surface area contributed by atoms with E-state index in [-0.39, 0.29) is 78.4 Å². The number of carbonyl (C=O) groups is 8. The van der Waals surface area contributed by atoms with Gasteiger partial charge < -0.3 is 58.7 Å². The summed E-state index contributed by atoms with van der Waals surface area (Å²) in [5.41, 5.74) is 7.28. The van der Waals surface area contributed by atoms with Crippen LogP contribution in [0.1, 0.15) is 89.7 Å². The van der Waals surface area contributed by atoms with Crippen LogP contribution in [-0.2, 0) is 51.2 Å². The summed E-state index contributed by atoms with van der Waals surface area (Å²) in [5.74, 6) is -5.04. The number of aromatic hydroxyl groups is 1. The van der Waals surface area contributed by atoms with Gasteiger partial charge in [0.25, 0.3) is 0 Å². The molecule has 4 aliphatic rings. The van der Waals surface area contributed by atoms with Crippen molar-refractivity contribution in [2.45, 2.75) is 128 Å². The summed E-state index contributed by atoms with van der Waals surface area (Å²) in [5, 5.41) is 37.4. The summed E-state index contributed by atoms with van der Waals surface area (Å²) in [4.78, 5) is 106. The molecule has 2 saturated heterocycles. The highest BCUT2D eigenvalue weighted by atomic mass is 16.3. The van der Waals surface area contributed by atoms with Crippen LogP contribution in [0.4, 0.5) is 0 Å². The molecule has 2 aliphatic heterocycles. The van der Waals surface area contributed by atoms with Gasteiger partial charge in [0, 0.05) is 76.7 Å². The standard InChI is InChI=1S/C51H74N10O9/c1-29(2)19-33(47(66)60-43-27-54-26-40(43)51(70)61-44-28-53-25-39(44)50(69)57-34(22-45(52)64)20-31-9-5-4-6-10-31)24-55-48(67)37-11-7-14-42(37)59-46(65)23-35(21-32-15-17-36(63)18-16-32)58-49(68)38-12-8-13-41(38)56-30(3)62/h4-6,9-10,15-18,29,33-35,37-44,53-54,63H,7-8,11-14,19-28H2,1-3H3,(H2,52,64)(H,55,67)(H,56,62)(H,57,69)(H,58,68)(H,59,65)(H,60,66)(H,61,70)/t33-,34-,35-,37?,38?,39?,40?,41?,42?,43?,44?/m0/s1. The van der Waals surface area contributed by atoms with Crippen molar-refractivity contribution < 1.29 is 43.5 Å². The molecule has 2 aromatic carbocycles. The minimum absolute atomic E-state index is 0.0344. The molecule has 8 unspecified atom stereocenters. The quantitative estimate of drug-likeness (QED) is 0.0715. The maximum atomic E-state index is 14.0. The second-order valence-corrected chi connectivity index (χ2v) is 20.2. The number of nitrogens with one attached hydrogen (secondary N) is 9. The number of primary amides is 1. The molecule has 11 atom stereocenters. The Bertz CT molecular complexity index is 2140. The van der Waals surface area contributed by atoms with Gasteiger partial charge in [0.15, 0.2) is 0 Å². The van der Waals surface area contributed by atoms with Gasteiger partial charge in [-0.3, -0.25) is 38.4 Å². The number of hydrogen-bond acceptors (Lipinski definition) is 11. The number of amides is 8. The molecule has 19 nitrogen and oxygen atoms in total. The Kier molecular flexibility index (Phi) is 19.5. The van der Waals surface area contributed by atoms with E-state index in [9.17, 15) is 43.5 Å². The molecule has 0 radical (unpaired) electrons. The molecule has 19 heteroatoms. The Morgan fingerprint density at radius 3 is 1.76 bits per heavy atom. The van der Waals surface area contributed by atoms with Crippen LogP contribution in [0.2, 0.25) is 0 Å². The zero-order valence-electron chi connectivity index (χ0n) is 40.7. The minimum Gasteiger partial charge on any atom is -0.508 e. The van der Waals surface area contributed by atoms with Crippen LogP contribution in [-0.4, -0.2) is 121 Å². The Morgan fingerprint density at radius 2 is 1.16 bits per heavy atom. The van der Waals surface area contributed by atoms with Crippen LogP contribution in [0, 0.1) is 35.5 Å². The molecule has 8 amide bonds. The lowest BCUT2D eigenvalue weighted by Crippen LogP contribution is -2.54. The Hall–Kier alpha value is -6.08. The number of nitrogens with two attached hydrogens (primary N) is 1. The van der Waals surface area contributed by atoms with Crippen LogP contribution in [0.3, 0.4) is 0 Å². The molecule has 2 aromatic rings. The average Bonchev–Trinajstić information content (AvgIpc) is 4.15. The van der Waals surface area contributed by atoms with Crippen LogP contribution in [0.15, 0.2) is 54.6 Å². The lowest BCUT2D eigenvalue weighted by Gasteiger charge is -2.27. The summed E-state index contributed by atoms with van der Waals surface area (Å²) in [6.07, 6.45) is 5.06. The first-order valence-corrected chi connectivity index (χ1v) is 25.1. The van der Waals surface area contributed by atoms with E-state index in [0.717, 1.165) is 17.5 Å². The monoisotopic (exact) mass is 971 g/mol. The van der Waals surface area contributed by atoms with Crippen LogP contribution in [0.5, 0.6) is 5.75 Å². The third-order valence-electron chi connectivity index (χ3n) is 14.2. The van der Waals surface area contributed by atoms with Gasteiger partial charge in [0.2, 0.25) is 47.3 Å². The van der Waals surface area contributed by atoms with E-state index in [1.807, 2.05) is 44.2 Å². The lowest BCUT2D eigenvalue weighted by atomic mass is 9.94. The zero-order chi connectivity index (χ0) is 50.3. The third-order valence-corrected chi connectivity index (χ3v) is 14.2. The normalized spacial score (nSPS) is 25.3. The van der Waals surface area contributed by atoms with E-state index in [0.29, 0.717) is 77.5 Å². The van der Waals surface area contributed by atoms with Gasteiger partial charge in [0.05, 0.1) is 41.7 Å². The summed E-state index contributed by atoms with van der Waals surface area (Å²) >= 11 is 0. The maximum Gasteiger partial charge on any atom is 0.226 e. The molecule has 70 heavy (non-hydrogen) atoms. The Morgan fingerprint density at radius 1 is 0.614 bits per heavy atom. The minimum atomic E-state index is -0.622. The fraction of sp³-hybridized carbons (Fsp3) is 0.608. The molecule has 12 N–H and O–H groups in total. The van der Waals surface area contributed by atoms with Crippen molar-refractivity contribution >= 4 is 47.3 Å². The summed E-state index contributed by atoms with van der Waals surface area (Å²) in [6.45, 7) is 6.83.